The van der Waals surface area contributed by atoms with Crippen molar-refractivity contribution in [1.82, 2.24) is 9.21 Å². The minimum atomic E-state index is -3.79. The predicted octanol–water partition coefficient (Wildman–Crippen LogP) is 2.99. The van der Waals surface area contributed by atoms with Crippen molar-refractivity contribution in [2.75, 3.05) is 25.0 Å². The lowest BCUT2D eigenvalue weighted by Gasteiger charge is -2.31. The van der Waals surface area contributed by atoms with Crippen molar-refractivity contribution in [3.63, 3.8) is 0 Å². The first-order valence-corrected chi connectivity index (χ1v) is 12.2. The Morgan fingerprint density at radius 3 is 2.59 bits per heavy atom. The standard InChI is InChI=1S/C23H26FN3O4S/c24-19-8-10-21(11-9-19)32(30,31)27-13-2-5-18(16-27)23(29)25-20-6-1-4-17(14-20)15-26-12-3-7-22(26)28/h1,4,6,8-11,14,18H,2-3,5,7,12-13,15-16H2,(H,25,29). The largest absolute Gasteiger partial charge is 0.338 e. The molecule has 2 fully saturated rings. The fourth-order valence-electron chi connectivity index (χ4n) is 4.21. The maximum Gasteiger partial charge on any atom is 0.243 e. The first-order chi connectivity index (χ1) is 15.3. The maximum atomic E-state index is 13.2. The van der Waals surface area contributed by atoms with Gasteiger partial charge in [0.25, 0.3) is 0 Å². The highest BCUT2D eigenvalue weighted by Gasteiger charge is 2.33. The van der Waals surface area contributed by atoms with E-state index in [0.717, 1.165) is 30.7 Å². The van der Waals surface area contributed by atoms with Gasteiger partial charge in [0.2, 0.25) is 21.8 Å². The van der Waals surface area contributed by atoms with Gasteiger partial charge in [-0.1, -0.05) is 12.1 Å². The molecular formula is C23H26FN3O4S. The minimum absolute atomic E-state index is 0.0177. The molecule has 2 aliphatic rings. The summed E-state index contributed by atoms with van der Waals surface area (Å²) in [5.41, 5.74) is 1.56. The Morgan fingerprint density at radius 2 is 1.88 bits per heavy atom. The van der Waals surface area contributed by atoms with Gasteiger partial charge in [-0.15, -0.1) is 0 Å². The molecule has 2 amide bonds. The lowest BCUT2D eigenvalue weighted by Crippen LogP contribution is -2.43. The molecule has 2 aromatic carbocycles. The number of halogens is 1. The number of nitrogens with zero attached hydrogens (tertiary/aromatic N) is 2. The Balaban J connectivity index is 1.41. The summed E-state index contributed by atoms with van der Waals surface area (Å²) in [7, 11) is -3.79. The third kappa shape index (κ3) is 4.99. The second-order valence-electron chi connectivity index (χ2n) is 8.26. The van der Waals surface area contributed by atoms with Crippen molar-refractivity contribution in [3.05, 3.63) is 59.9 Å². The third-order valence-corrected chi connectivity index (χ3v) is 7.83. The Hall–Kier alpha value is -2.78. The van der Waals surface area contributed by atoms with Gasteiger partial charge in [0.05, 0.1) is 10.8 Å². The van der Waals surface area contributed by atoms with Crippen molar-refractivity contribution in [2.24, 2.45) is 5.92 Å². The van der Waals surface area contributed by atoms with Gasteiger partial charge in [-0.2, -0.15) is 4.31 Å². The fraction of sp³-hybridized carbons (Fsp3) is 0.391. The van der Waals surface area contributed by atoms with Gasteiger partial charge in [-0.05, 0) is 61.2 Å². The number of amides is 2. The van der Waals surface area contributed by atoms with Crippen LogP contribution < -0.4 is 5.32 Å². The molecule has 32 heavy (non-hydrogen) atoms. The monoisotopic (exact) mass is 459 g/mol. The average Bonchev–Trinajstić information content (AvgIpc) is 3.18. The fourth-order valence-corrected chi connectivity index (χ4v) is 5.74. The molecule has 0 aliphatic carbocycles. The van der Waals surface area contributed by atoms with E-state index in [9.17, 15) is 22.4 Å². The molecule has 0 aromatic heterocycles. The Labute approximate surface area is 187 Å². The van der Waals surface area contributed by atoms with Gasteiger partial charge in [0, 0.05) is 38.3 Å². The van der Waals surface area contributed by atoms with Crippen molar-refractivity contribution in [2.45, 2.75) is 37.1 Å². The first kappa shape index (κ1) is 22.4. The molecule has 0 saturated carbocycles. The summed E-state index contributed by atoms with van der Waals surface area (Å²) in [6.07, 6.45) is 2.60. The Morgan fingerprint density at radius 1 is 1.09 bits per heavy atom. The van der Waals surface area contributed by atoms with Gasteiger partial charge < -0.3 is 10.2 Å². The summed E-state index contributed by atoms with van der Waals surface area (Å²) < 4.78 is 40.3. The number of likely N-dealkylation sites (tertiary alicyclic amines) is 1. The van der Waals surface area contributed by atoms with Crippen LogP contribution in [-0.4, -0.2) is 49.1 Å². The van der Waals surface area contributed by atoms with Gasteiger partial charge in [-0.25, -0.2) is 12.8 Å². The van der Waals surface area contributed by atoms with Crippen LogP contribution >= 0.6 is 0 Å². The normalized spacial score (nSPS) is 19.8. The van der Waals surface area contributed by atoms with Crippen LogP contribution in [0.25, 0.3) is 0 Å². The molecule has 2 aromatic rings. The van der Waals surface area contributed by atoms with Crippen LogP contribution in [0.15, 0.2) is 53.4 Å². The molecule has 1 atom stereocenters. The zero-order valence-electron chi connectivity index (χ0n) is 17.7. The summed E-state index contributed by atoms with van der Waals surface area (Å²) in [5.74, 6) is -1.08. The quantitative estimate of drug-likeness (QED) is 0.720. The van der Waals surface area contributed by atoms with Crippen molar-refractivity contribution in [3.8, 4) is 0 Å². The number of nitrogens with one attached hydrogen (secondary N) is 1. The van der Waals surface area contributed by atoms with Gasteiger partial charge in [0.15, 0.2) is 0 Å². The summed E-state index contributed by atoms with van der Waals surface area (Å²) in [6, 6.07) is 12.1. The lowest BCUT2D eigenvalue weighted by molar-refractivity contribution is -0.128. The van der Waals surface area contributed by atoms with Crippen LogP contribution in [0.2, 0.25) is 0 Å². The molecule has 7 nitrogen and oxygen atoms in total. The van der Waals surface area contributed by atoms with E-state index in [1.165, 1.54) is 16.4 Å². The summed E-state index contributed by atoms with van der Waals surface area (Å²) in [5, 5.41) is 2.89. The summed E-state index contributed by atoms with van der Waals surface area (Å²) in [6.45, 7) is 1.65. The van der Waals surface area contributed by atoms with E-state index in [4.69, 9.17) is 0 Å². The number of carbonyl (C=O) groups is 2. The maximum absolute atomic E-state index is 13.2. The lowest BCUT2D eigenvalue weighted by atomic mass is 9.98. The van der Waals surface area contributed by atoms with E-state index in [-0.39, 0.29) is 23.3 Å². The Kier molecular flexibility index (Phi) is 6.57. The van der Waals surface area contributed by atoms with Crippen molar-refractivity contribution >= 4 is 27.5 Å². The summed E-state index contributed by atoms with van der Waals surface area (Å²) >= 11 is 0. The van der Waals surface area contributed by atoms with E-state index >= 15 is 0 Å². The highest BCUT2D eigenvalue weighted by Crippen LogP contribution is 2.25. The highest BCUT2D eigenvalue weighted by atomic mass is 32.2. The van der Waals surface area contributed by atoms with E-state index in [0.29, 0.717) is 38.0 Å². The van der Waals surface area contributed by atoms with Crippen LogP contribution in [-0.2, 0) is 26.2 Å². The molecule has 0 bridgehead atoms. The number of rotatable bonds is 6. The summed E-state index contributed by atoms with van der Waals surface area (Å²) in [4.78, 5) is 26.6. The molecular weight excluding hydrogens is 433 g/mol. The zero-order valence-corrected chi connectivity index (χ0v) is 18.5. The van der Waals surface area contributed by atoms with Crippen LogP contribution in [0, 0.1) is 11.7 Å². The molecule has 0 spiro atoms. The van der Waals surface area contributed by atoms with Crippen LogP contribution in [0.5, 0.6) is 0 Å². The number of piperidine rings is 1. The molecule has 1 N–H and O–H groups in total. The van der Waals surface area contributed by atoms with Crippen LogP contribution in [0.3, 0.4) is 0 Å². The number of benzene rings is 2. The number of hydrogen-bond donors (Lipinski definition) is 1. The molecule has 1 unspecified atom stereocenters. The molecule has 170 valence electrons. The molecule has 2 aliphatic heterocycles. The highest BCUT2D eigenvalue weighted by molar-refractivity contribution is 7.89. The van der Waals surface area contributed by atoms with Gasteiger partial charge >= 0.3 is 0 Å². The van der Waals surface area contributed by atoms with Crippen molar-refractivity contribution in [1.29, 1.82) is 0 Å². The topological polar surface area (TPSA) is 86.8 Å². The minimum Gasteiger partial charge on any atom is -0.338 e. The van der Waals surface area contributed by atoms with Crippen molar-refractivity contribution < 1.29 is 22.4 Å². The van der Waals surface area contributed by atoms with E-state index in [2.05, 4.69) is 5.32 Å². The number of hydrogen-bond acceptors (Lipinski definition) is 4. The predicted molar refractivity (Wildman–Crippen MR) is 118 cm³/mol. The molecule has 9 heteroatoms. The second kappa shape index (κ2) is 9.38. The second-order valence-corrected chi connectivity index (χ2v) is 10.2. The third-order valence-electron chi connectivity index (χ3n) is 5.95. The van der Waals surface area contributed by atoms with Gasteiger partial charge in [-0.3, -0.25) is 9.59 Å². The Bertz CT molecular complexity index is 1100. The molecule has 2 saturated heterocycles. The van der Waals surface area contributed by atoms with E-state index < -0.39 is 21.8 Å². The molecule has 0 radical (unpaired) electrons. The van der Waals surface area contributed by atoms with Gasteiger partial charge in [0.1, 0.15) is 5.82 Å². The zero-order chi connectivity index (χ0) is 22.7. The SMILES string of the molecule is O=C(Nc1cccc(CN2CCCC2=O)c1)C1CCCN(S(=O)(=O)c2ccc(F)cc2)C1. The van der Waals surface area contributed by atoms with E-state index in [1.807, 2.05) is 18.2 Å². The number of carbonyl (C=O) groups excluding carboxylic acids is 2. The molecule has 4 rings (SSSR count). The average molecular weight is 460 g/mol. The van der Waals surface area contributed by atoms with Crippen LogP contribution in [0.1, 0.15) is 31.2 Å². The number of sulfonamides is 1. The first-order valence-electron chi connectivity index (χ1n) is 10.8. The smallest absolute Gasteiger partial charge is 0.243 e. The van der Waals surface area contributed by atoms with E-state index in [1.54, 1.807) is 11.0 Å². The number of anilines is 1. The van der Waals surface area contributed by atoms with Crippen LogP contribution in [0.4, 0.5) is 10.1 Å². The molecule has 2 heterocycles.